The van der Waals surface area contributed by atoms with Gasteiger partial charge in [0, 0.05) is 52.8 Å². The third kappa shape index (κ3) is 3.37. The van der Waals surface area contributed by atoms with Gasteiger partial charge in [-0.15, -0.1) is 0 Å². The Hall–Kier alpha value is -2.46. The molecule has 1 N–H and O–H groups in total. The predicted octanol–water partition coefficient (Wildman–Crippen LogP) is 2.73. The molecule has 0 saturated carbocycles. The smallest absolute Gasteiger partial charge is 0.304 e. The summed E-state index contributed by atoms with van der Waals surface area (Å²) in [6, 6.07) is 1.50. The zero-order chi connectivity index (χ0) is 19.9. The maximum Gasteiger partial charge on any atom is 0.304 e. The minimum Gasteiger partial charge on any atom is -0.481 e. The molecular formula is C18H18N4O4S2. The van der Waals surface area contributed by atoms with E-state index in [1.54, 1.807) is 12.4 Å². The van der Waals surface area contributed by atoms with E-state index < -0.39 is 15.8 Å². The fourth-order valence-electron chi connectivity index (χ4n) is 3.76. The molecule has 0 spiro atoms. The summed E-state index contributed by atoms with van der Waals surface area (Å²) in [7, 11) is -3.50. The second kappa shape index (κ2) is 7.17. The molecule has 10 heteroatoms. The number of carboxylic acid groups (broad SMARTS) is 1. The van der Waals surface area contributed by atoms with Crippen LogP contribution in [0.15, 0.2) is 45.7 Å². The first kappa shape index (κ1) is 18.9. The molecule has 3 aromatic heterocycles. The van der Waals surface area contributed by atoms with E-state index in [1.807, 2.05) is 4.57 Å². The molecule has 1 unspecified atom stereocenters. The summed E-state index contributed by atoms with van der Waals surface area (Å²) in [5.41, 5.74) is 1.41. The number of aromatic nitrogens is 4. The van der Waals surface area contributed by atoms with Crippen molar-refractivity contribution in [3.05, 3.63) is 36.7 Å². The average Bonchev–Trinajstić information content (AvgIpc) is 2.96. The third-order valence-electron chi connectivity index (χ3n) is 4.80. The van der Waals surface area contributed by atoms with Gasteiger partial charge in [0.1, 0.15) is 12.0 Å². The van der Waals surface area contributed by atoms with Crippen LogP contribution in [0, 0.1) is 0 Å². The second-order valence-electron chi connectivity index (χ2n) is 6.76. The quantitative estimate of drug-likeness (QED) is 0.672. The molecule has 0 fully saturated rings. The standard InChI is InChI=1S/C18H18N4O4S2/c1-28(25,26)13-4-5-21-18-15(13)17(27-12-8-19-10-20-9-12)16-11(7-14(23)24)3-2-6-22(16)18/h4-5,8-11H,2-3,6-7H2,1H3,(H,23,24). The summed E-state index contributed by atoms with van der Waals surface area (Å²) in [6.45, 7) is 0.675. The van der Waals surface area contributed by atoms with Crippen molar-refractivity contribution in [3.8, 4) is 0 Å². The summed E-state index contributed by atoms with van der Waals surface area (Å²) in [4.78, 5) is 25.6. The van der Waals surface area contributed by atoms with E-state index in [9.17, 15) is 18.3 Å². The van der Waals surface area contributed by atoms with Gasteiger partial charge >= 0.3 is 5.97 Å². The van der Waals surface area contributed by atoms with Crippen LogP contribution in [0.25, 0.3) is 11.0 Å². The van der Waals surface area contributed by atoms with E-state index in [0.717, 1.165) is 28.3 Å². The van der Waals surface area contributed by atoms with Crippen molar-refractivity contribution in [2.24, 2.45) is 0 Å². The van der Waals surface area contributed by atoms with Crippen LogP contribution in [0.2, 0.25) is 0 Å². The number of sulfone groups is 1. The zero-order valence-corrected chi connectivity index (χ0v) is 16.7. The first-order valence-electron chi connectivity index (χ1n) is 8.72. The lowest BCUT2D eigenvalue weighted by Crippen LogP contribution is -2.18. The maximum absolute atomic E-state index is 12.5. The first-order chi connectivity index (χ1) is 13.4. The van der Waals surface area contributed by atoms with Crippen LogP contribution in [0.4, 0.5) is 0 Å². The van der Waals surface area contributed by atoms with Crippen molar-refractivity contribution in [1.82, 2.24) is 19.5 Å². The highest BCUT2D eigenvalue weighted by atomic mass is 32.2. The highest BCUT2D eigenvalue weighted by molar-refractivity contribution is 7.99. The highest BCUT2D eigenvalue weighted by Crippen LogP contribution is 2.46. The zero-order valence-electron chi connectivity index (χ0n) is 15.1. The van der Waals surface area contributed by atoms with Gasteiger partial charge in [-0.3, -0.25) is 4.79 Å². The lowest BCUT2D eigenvalue weighted by Gasteiger charge is -2.25. The molecule has 1 atom stereocenters. The Labute approximate surface area is 166 Å². The second-order valence-corrected chi connectivity index (χ2v) is 9.83. The lowest BCUT2D eigenvalue weighted by molar-refractivity contribution is -0.137. The van der Waals surface area contributed by atoms with Gasteiger partial charge in [0.05, 0.1) is 16.7 Å². The van der Waals surface area contributed by atoms with Crippen molar-refractivity contribution < 1.29 is 18.3 Å². The summed E-state index contributed by atoms with van der Waals surface area (Å²) in [6.07, 6.45) is 8.93. The van der Waals surface area contributed by atoms with E-state index in [-0.39, 0.29) is 17.2 Å². The van der Waals surface area contributed by atoms with Crippen molar-refractivity contribution in [2.75, 3.05) is 6.26 Å². The Morgan fingerprint density at radius 1 is 1.36 bits per heavy atom. The molecule has 0 radical (unpaired) electrons. The topological polar surface area (TPSA) is 115 Å². The number of hydrogen-bond donors (Lipinski definition) is 1. The number of fused-ring (bicyclic) bond motifs is 3. The predicted molar refractivity (Wildman–Crippen MR) is 103 cm³/mol. The summed E-state index contributed by atoms with van der Waals surface area (Å²) in [5, 5.41) is 9.93. The van der Waals surface area contributed by atoms with Gasteiger partial charge in [0.15, 0.2) is 9.84 Å². The molecule has 0 aromatic carbocycles. The van der Waals surface area contributed by atoms with Gasteiger partial charge in [0.25, 0.3) is 0 Å². The van der Waals surface area contributed by atoms with Crippen LogP contribution >= 0.6 is 11.8 Å². The van der Waals surface area contributed by atoms with Crippen molar-refractivity contribution in [2.45, 2.75) is 46.4 Å². The number of aliphatic carboxylic acids is 1. The van der Waals surface area contributed by atoms with Gasteiger partial charge in [-0.05, 0) is 18.9 Å². The molecule has 28 heavy (non-hydrogen) atoms. The number of hydrogen-bond acceptors (Lipinski definition) is 7. The minimum atomic E-state index is -3.50. The van der Waals surface area contributed by atoms with Crippen LogP contribution in [0.1, 0.15) is 30.9 Å². The third-order valence-corrected chi connectivity index (χ3v) is 7.00. The lowest BCUT2D eigenvalue weighted by atomic mass is 9.93. The van der Waals surface area contributed by atoms with E-state index in [1.165, 1.54) is 36.6 Å². The molecule has 1 aliphatic heterocycles. The Balaban J connectivity index is 2.03. The Morgan fingerprint density at radius 2 is 2.11 bits per heavy atom. The minimum absolute atomic E-state index is 0.0105. The maximum atomic E-state index is 12.5. The first-order valence-corrected chi connectivity index (χ1v) is 11.4. The molecule has 0 saturated heterocycles. The SMILES string of the molecule is CS(=O)(=O)c1ccnc2c1c(Sc1cncnc1)c1n2CCCC1CC(=O)O. The van der Waals surface area contributed by atoms with Crippen LogP contribution in [0.3, 0.4) is 0 Å². The van der Waals surface area contributed by atoms with Crippen molar-refractivity contribution >= 4 is 38.6 Å². The fourth-order valence-corrected chi connectivity index (χ4v) is 5.84. The number of nitrogens with zero attached hydrogens (tertiary/aromatic N) is 4. The van der Waals surface area contributed by atoms with E-state index >= 15 is 0 Å². The van der Waals surface area contributed by atoms with Crippen LogP contribution < -0.4 is 0 Å². The molecule has 0 aliphatic carbocycles. The summed E-state index contributed by atoms with van der Waals surface area (Å²) < 4.78 is 26.9. The molecule has 146 valence electrons. The van der Waals surface area contributed by atoms with Crippen LogP contribution in [0.5, 0.6) is 0 Å². The van der Waals surface area contributed by atoms with Crippen molar-refractivity contribution in [1.29, 1.82) is 0 Å². The molecule has 1 aliphatic rings. The number of pyridine rings is 1. The van der Waals surface area contributed by atoms with Gasteiger partial charge < -0.3 is 9.67 Å². The van der Waals surface area contributed by atoms with E-state index in [0.29, 0.717) is 17.6 Å². The number of carboxylic acids is 1. The Kier molecular flexibility index (Phi) is 4.84. The van der Waals surface area contributed by atoms with Gasteiger partial charge in [0.2, 0.25) is 0 Å². The summed E-state index contributed by atoms with van der Waals surface area (Å²) in [5.74, 6) is -1.08. The van der Waals surface area contributed by atoms with Crippen LogP contribution in [-0.4, -0.2) is 45.3 Å². The molecule has 4 heterocycles. The highest BCUT2D eigenvalue weighted by Gasteiger charge is 2.32. The number of carbonyl (C=O) groups is 1. The van der Waals surface area contributed by atoms with Gasteiger partial charge in [-0.1, -0.05) is 11.8 Å². The summed E-state index contributed by atoms with van der Waals surface area (Å²) >= 11 is 1.36. The normalized spacial score (nSPS) is 16.8. The molecular weight excluding hydrogens is 400 g/mol. The molecule has 4 rings (SSSR count). The molecule has 8 nitrogen and oxygen atoms in total. The fraction of sp³-hybridized carbons (Fsp3) is 0.333. The van der Waals surface area contributed by atoms with E-state index in [2.05, 4.69) is 15.0 Å². The molecule has 0 amide bonds. The van der Waals surface area contributed by atoms with Crippen LogP contribution in [-0.2, 0) is 21.2 Å². The monoisotopic (exact) mass is 418 g/mol. The Morgan fingerprint density at radius 3 is 2.79 bits per heavy atom. The average molecular weight is 419 g/mol. The Bertz CT molecular complexity index is 1160. The number of rotatable bonds is 5. The number of aryl methyl sites for hydroxylation is 1. The molecule has 3 aromatic rings. The van der Waals surface area contributed by atoms with Gasteiger partial charge in [-0.25, -0.2) is 23.4 Å². The van der Waals surface area contributed by atoms with Crippen molar-refractivity contribution in [3.63, 3.8) is 0 Å². The van der Waals surface area contributed by atoms with E-state index in [4.69, 9.17) is 0 Å². The van der Waals surface area contributed by atoms with Gasteiger partial charge in [-0.2, -0.15) is 0 Å². The largest absolute Gasteiger partial charge is 0.481 e. The molecule has 0 bridgehead atoms.